The fourth-order valence-corrected chi connectivity index (χ4v) is 4.59. The van der Waals surface area contributed by atoms with E-state index in [2.05, 4.69) is 10.3 Å². The molecule has 21 heavy (non-hydrogen) atoms. The minimum Gasteiger partial charge on any atom is -0.370 e. The molecule has 0 bridgehead atoms. The summed E-state index contributed by atoms with van der Waals surface area (Å²) < 4.78 is 27.2. The smallest absolute Gasteiger partial charge is 0.244 e. The summed E-state index contributed by atoms with van der Waals surface area (Å²) in [5, 5.41) is 3.07. The molecule has 1 heterocycles. The van der Waals surface area contributed by atoms with E-state index in [1.807, 2.05) is 13.8 Å². The number of rotatable bonds is 6. The van der Waals surface area contributed by atoms with E-state index in [1.54, 1.807) is 16.4 Å². The molecule has 1 aliphatic carbocycles. The first kappa shape index (κ1) is 16.2. The van der Waals surface area contributed by atoms with Gasteiger partial charge in [0.15, 0.2) is 0 Å². The van der Waals surface area contributed by atoms with Crippen molar-refractivity contribution < 1.29 is 8.42 Å². The number of pyridine rings is 1. The number of nitrogens with one attached hydrogen (secondary N) is 1. The van der Waals surface area contributed by atoms with Crippen LogP contribution < -0.4 is 5.32 Å². The number of nitrogens with zero attached hydrogens (tertiary/aromatic N) is 2. The van der Waals surface area contributed by atoms with Gasteiger partial charge in [0.2, 0.25) is 10.0 Å². The number of hydrogen-bond acceptors (Lipinski definition) is 4. The Morgan fingerprint density at radius 1 is 1.24 bits per heavy atom. The van der Waals surface area contributed by atoms with E-state index in [0.29, 0.717) is 12.4 Å². The molecule has 1 aromatic heterocycles. The summed E-state index contributed by atoms with van der Waals surface area (Å²) in [4.78, 5) is 4.47. The molecule has 0 unspecified atom stereocenters. The van der Waals surface area contributed by atoms with Crippen molar-refractivity contribution in [2.24, 2.45) is 0 Å². The highest BCUT2D eigenvalue weighted by molar-refractivity contribution is 7.89. The van der Waals surface area contributed by atoms with Gasteiger partial charge < -0.3 is 5.32 Å². The lowest BCUT2D eigenvalue weighted by molar-refractivity contribution is 0.261. The molecule has 0 amide bonds. The van der Waals surface area contributed by atoms with Crippen molar-refractivity contribution in [1.82, 2.24) is 9.29 Å². The summed E-state index contributed by atoms with van der Waals surface area (Å²) >= 11 is 0. The third-order valence-corrected chi connectivity index (χ3v) is 6.01. The van der Waals surface area contributed by atoms with E-state index >= 15 is 0 Å². The van der Waals surface area contributed by atoms with Crippen molar-refractivity contribution in [3.8, 4) is 0 Å². The normalized spacial score (nSPS) is 17.1. The molecule has 1 aliphatic rings. The summed E-state index contributed by atoms with van der Waals surface area (Å²) in [7, 11) is -3.44. The van der Waals surface area contributed by atoms with Gasteiger partial charge in [-0.2, -0.15) is 4.31 Å². The summed E-state index contributed by atoms with van der Waals surface area (Å²) in [5.41, 5.74) is 0. The van der Waals surface area contributed by atoms with Crippen LogP contribution in [0, 0.1) is 0 Å². The molecule has 0 aliphatic heterocycles. The van der Waals surface area contributed by atoms with Crippen LogP contribution in [0.2, 0.25) is 0 Å². The lowest BCUT2D eigenvalue weighted by Gasteiger charge is -2.32. The van der Waals surface area contributed by atoms with Crippen molar-refractivity contribution >= 4 is 15.8 Å². The van der Waals surface area contributed by atoms with Crippen LogP contribution in [-0.4, -0.2) is 36.8 Å². The van der Waals surface area contributed by atoms with Crippen molar-refractivity contribution in [3.05, 3.63) is 18.3 Å². The van der Waals surface area contributed by atoms with Crippen LogP contribution in [0.4, 0.5) is 5.82 Å². The molecule has 1 aromatic rings. The highest BCUT2D eigenvalue weighted by atomic mass is 32.2. The third kappa shape index (κ3) is 3.74. The van der Waals surface area contributed by atoms with Gasteiger partial charge in [-0.15, -0.1) is 0 Å². The van der Waals surface area contributed by atoms with Crippen LogP contribution in [0.25, 0.3) is 0 Å². The molecular formula is C15H25N3O2S. The maximum atomic E-state index is 12.8. The summed E-state index contributed by atoms with van der Waals surface area (Å²) in [6.07, 6.45) is 6.85. The third-order valence-electron chi connectivity index (χ3n) is 3.99. The first-order valence-electron chi connectivity index (χ1n) is 7.81. The highest BCUT2D eigenvalue weighted by Crippen LogP contribution is 2.27. The topological polar surface area (TPSA) is 62.3 Å². The molecule has 0 atom stereocenters. The van der Waals surface area contributed by atoms with E-state index in [9.17, 15) is 8.42 Å². The van der Waals surface area contributed by atoms with Crippen molar-refractivity contribution in [3.63, 3.8) is 0 Å². The molecule has 2 rings (SSSR count). The largest absolute Gasteiger partial charge is 0.370 e. The Morgan fingerprint density at radius 3 is 2.48 bits per heavy atom. The average molecular weight is 311 g/mol. The van der Waals surface area contributed by atoms with E-state index in [1.165, 1.54) is 12.6 Å². The molecule has 0 saturated heterocycles. The second kappa shape index (κ2) is 7.22. The van der Waals surface area contributed by atoms with Gasteiger partial charge >= 0.3 is 0 Å². The Balaban J connectivity index is 2.21. The monoisotopic (exact) mass is 311 g/mol. The van der Waals surface area contributed by atoms with Gasteiger partial charge in [-0.3, -0.25) is 0 Å². The van der Waals surface area contributed by atoms with Crippen LogP contribution >= 0.6 is 0 Å². The van der Waals surface area contributed by atoms with Crippen LogP contribution in [0.1, 0.15) is 46.0 Å². The van der Waals surface area contributed by atoms with Crippen LogP contribution in [0.5, 0.6) is 0 Å². The van der Waals surface area contributed by atoms with Crippen molar-refractivity contribution in [2.75, 3.05) is 18.4 Å². The second-order valence-corrected chi connectivity index (χ2v) is 7.30. The average Bonchev–Trinajstić information content (AvgIpc) is 2.50. The molecule has 6 heteroatoms. The van der Waals surface area contributed by atoms with Crippen molar-refractivity contribution in [1.29, 1.82) is 0 Å². The molecular weight excluding hydrogens is 286 g/mol. The predicted molar refractivity (Wildman–Crippen MR) is 84.8 cm³/mol. The maximum absolute atomic E-state index is 12.8. The fraction of sp³-hybridized carbons (Fsp3) is 0.667. The Kier molecular flexibility index (Phi) is 5.58. The number of anilines is 1. The second-order valence-electron chi connectivity index (χ2n) is 5.41. The molecule has 0 aromatic carbocycles. The zero-order valence-electron chi connectivity index (χ0n) is 12.9. The van der Waals surface area contributed by atoms with Gasteiger partial charge in [-0.1, -0.05) is 26.2 Å². The Bertz CT molecular complexity index is 537. The zero-order chi connectivity index (χ0) is 15.3. The number of hydrogen-bond donors (Lipinski definition) is 1. The first-order chi connectivity index (χ1) is 10.1. The lowest BCUT2D eigenvalue weighted by Crippen LogP contribution is -2.41. The first-order valence-corrected chi connectivity index (χ1v) is 9.25. The van der Waals surface area contributed by atoms with Gasteiger partial charge in [0.05, 0.1) is 0 Å². The summed E-state index contributed by atoms with van der Waals surface area (Å²) in [6.45, 7) is 5.17. The molecule has 118 valence electrons. The Morgan fingerprint density at radius 2 is 1.95 bits per heavy atom. The summed E-state index contributed by atoms with van der Waals surface area (Å²) in [5.74, 6) is 0.706. The van der Waals surface area contributed by atoms with E-state index < -0.39 is 10.0 Å². The van der Waals surface area contributed by atoms with Gasteiger partial charge in [0.1, 0.15) is 10.7 Å². The quantitative estimate of drug-likeness (QED) is 0.877. The molecule has 1 saturated carbocycles. The molecule has 0 radical (unpaired) electrons. The number of aromatic nitrogens is 1. The fourth-order valence-electron chi connectivity index (χ4n) is 2.95. The standard InChI is InChI=1S/C15H25N3O2S/c1-3-16-15-11-10-14(12-17-15)21(19,20)18(4-2)13-8-6-5-7-9-13/h10-13H,3-9H2,1-2H3,(H,16,17). The van der Waals surface area contributed by atoms with Gasteiger partial charge in [-0.05, 0) is 31.9 Å². The van der Waals surface area contributed by atoms with E-state index in [4.69, 9.17) is 0 Å². The minimum atomic E-state index is -3.44. The van der Waals surface area contributed by atoms with Gasteiger partial charge in [0, 0.05) is 25.3 Å². The minimum absolute atomic E-state index is 0.141. The SMILES string of the molecule is CCNc1ccc(S(=O)(=O)N(CC)C2CCCCC2)cn1. The van der Waals surface area contributed by atoms with Crippen molar-refractivity contribution in [2.45, 2.75) is 56.9 Å². The summed E-state index contributed by atoms with van der Waals surface area (Å²) in [6, 6.07) is 3.51. The molecule has 5 nitrogen and oxygen atoms in total. The Labute approximate surface area is 127 Å². The lowest BCUT2D eigenvalue weighted by atomic mass is 9.95. The van der Waals surface area contributed by atoms with Gasteiger partial charge in [-0.25, -0.2) is 13.4 Å². The predicted octanol–water partition coefficient (Wildman–Crippen LogP) is 2.86. The molecule has 1 N–H and O–H groups in total. The highest BCUT2D eigenvalue weighted by Gasteiger charge is 2.31. The molecule has 0 spiro atoms. The zero-order valence-corrected chi connectivity index (χ0v) is 13.7. The maximum Gasteiger partial charge on any atom is 0.244 e. The van der Waals surface area contributed by atoms with E-state index in [-0.39, 0.29) is 10.9 Å². The van der Waals surface area contributed by atoms with Crippen LogP contribution in [-0.2, 0) is 10.0 Å². The Hall–Kier alpha value is -1.14. The van der Waals surface area contributed by atoms with Crippen LogP contribution in [0.15, 0.2) is 23.2 Å². The van der Waals surface area contributed by atoms with Gasteiger partial charge in [0.25, 0.3) is 0 Å². The van der Waals surface area contributed by atoms with Crippen LogP contribution in [0.3, 0.4) is 0 Å². The van der Waals surface area contributed by atoms with E-state index in [0.717, 1.165) is 32.2 Å². The molecule has 1 fully saturated rings. The number of sulfonamides is 1.